The van der Waals surface area contributed by atoms with Crippen LogP contribution < -0.4 is 4.90 Å². The minimum atomic E-state index is -0.0725. The summed E-state index contributed by atoms with van der Waals surface area (Å²) in [5, 5.41) is 0. The Bertz CT molecular complexity index is 749. The van der Waals surface area contributed by atoms with Gasteiger partial charge in [-0.25, -0.2) is 14.7 Å². The average molecular weight is 295 g/mol. The van der Waals surface area contributed by atoms with Gasteiger partial charge < -0.3 is 4.57 Å². The number of fused-ring (bicyclic) bond motifs is 3. The smallest absolute Gasteiger partial charge is 0.326 e. The molecule has 112 valence electrons. The second kappa shape index (κ2) is 4.98. The van der Waals surface area contributed by atoms with Gasteiger partial charge in [-0.05, 0) is 18.6 Å². The molecule has 2 aromatic rings. The predicted molar refractivity (Wildman–Crippen MR) is 84.6 cm³/mol. The summed E-state index contributed by atoms with van der Waals surface area (Å²) in [5.41, 5.74) is 1.78. The Labute approximate surface area is 128 Å². The fraction of sp³-hybridized carbons (Fsp3) is 0.312. The summed E-state index contributed by atoms with van der Waals surface area (Å²) < 4.78 is 2.09. The van der Waals surface area contributed by atoms with Gasteiger partial charge in [0.1, 0.15) is 5.69 Å². The summed E-state index contributed by atoms with van der Waals surface area (Å²) in [6.07, 6.45) is 2.82. The third-order valence-corrected chi connectivity index (χ3v) is 3.98. The largest absolute Gasteiger partial charge is 0.336 e. The van der Waals surface area contributed by atoms with Crippen LogP contribution in [0, 0.1) is 0 Å². The highest BCUT2D eigenvalue weighted by Crippen LogP contribution is 2.35. The van der Waals surface area contributed by atoms with Crippen LogP contribution in [0.25, 0.3) is 0 Å². The molecular weight excluding hydrogens is 278 g/mol. The third-order valence-electron chi connectivity index (χ3n) is 3.98. The number of aromatic nitrogens is 2. The quantitative estimate of drug-likeness (QED) is 0.874. The maximum atomic E-state index is 12.9. The number of hydrogen-bond donors (Lipinski definition) is 0. The molecule has 0 bridgehead atoms. The molecule has 2 aliphatic heterocycles. The number of amidine groups is 1. The van der Waals surface area contributed by atoms with E-state index in [1.807, 2.05) is 36.7 Å². The first-order valence-corrected chi connectivity index (χ1v) is 7.58. The highest BCUT2D eigenvalue weighted by atomic mass is 16.2. The lowest BCUT2D eigenvalue weighted by Gasteiger charge is -2.33. The van der Waals surface area contributed by atoms with Gasteiger partial charge >= 0.3 is 6.03 Å². The second-order valence-electron chi connectivity index (χ2n) is 5.42. The van der Waals surface area contributed by atoms with Crippen molar-refractivity contribution in [3.05, 3.63) is 42.4 Å². The fourth-order valence-corrected chi connectivity index (χ4v) is 3.03. The average Bonchev–Trinajstić information content (AvgIpc) is 3.16. The van der Waals surface area contributed by atoms with Crippen molar-refractivity contribution in [1.82, 2.24) is 14.5 Å². The number of carbonyl (C=O) groups excluding carboxylic acids is 1. The molecule has 0 saturated heterocycles. The molecule has 0 radical (unpaired) electrons. The first-order chi connectivity index (χ1) is 10.8. The van der Waals surface area contributed by atoms with E-state index in [0.717, 1.165) is 30.2 Å². The summed E-state index contributed by atoms with van der Waals surface area (Å²) in [6.45, 7) is 4.28. The Morgan fingerprint density at radius 2 is 2.05 bits per heavy atom. The van der Waals surface area contributed by atoms with Crippen LogP contribution in [0.5, 0.6) is 0 Å². The van der Waals surface area contributed by atoms with Crippen molar-refractivity contribution in [1.29, 1.82) is 0 Å². The molecule has 0 fully saturated rings. The number of carbonyl (C=O) groups is 1. The molecule has 0 unspecified atom stereocenters. The summed E-state index contributed by atoms with van der Waals surface area (Å²) in [5.74, 6) is 1.44. The minimum Gasteiger partial charge on any atom is -0.326 e. The van der Waals surface area contributed by atoms with E-state index >= 15 is 0 Å². The number of para-hydroxylation sites is 1. The molecule has 2 aliphatic rings. The zero-order valence-corrected chi connectivity index (χ0v) is 12.4. The topological polar surface area (TPSA) is 53.7 Å². The molecule has 6 nitrogen and oxygen atoms in total. The molecule has 0 aliphatic carbocycles. The number of anilines is 2. The van der Waals surface area contributed by atoms with Crippen molar-refractivity contribution in [2.75, 3.05) is 18.0 Å². The van der Waals surface area contributed by atoms with Crippen molar-refractivity contribution < 1.29 is 4.79 Å². The van der Waals surface area contributed by atoms with Crippen LogP contribution in [0.1, 0.15) is 19.0 Å². The number of amides is 2. The highest BCUT2D eigenvalue weighted by molar-refractivity contribution is 6.20. The van der Waals surface area contributed by atoms with Crippen molar-refractivity contribution in [2.24, 2.45) is 4.99 Å². The fourth-order valence-electron chi connectivity index (χ4n) is 3.03. The van der Waals surface area contributed by atoms with E-state index in [0.29, 0.717) is 18.9 Å². The molecule has 1 aromatic carbocycles. The molecule has 2 amide bonds. The summed E-state index contributed by atoms with van der Waals surface area (Å²) in [7, 11) is 0. The normalized spacial score (nSPS) is 16.6. The molecule has 6 heteroatoms. The Balaban J connectivity index is 1.90. The Morgan fingerprint density at radius 1 is 1.23 bits per heavy atom. The molecular formula is C16H17N5O. The Morgan fingerprint density at radius 3 is 2.82 bits per heavy atom. The molecule has 3 heterocycles. The first-order valence-electron chi connectivity index (χ1n) is 7.58. The lowest BCUT2D eigenvalue weighted by molar-refractivity contribution is 0.231. The van der Waals surface area contributed by atoms with Crippen molar-refractivity contribution >= 4 is 23.4 Å². The van der Waals surface area contributed by atoms with E-state index in [2.05, 4.69) is 21.5 Å². The van der Waals surface area contributed by atoms with Gasteiger partial charge in [0.25, 0.3) is 0 Å². The van der Waals surface area contributed by atoms with Crippen LogP contribution in [0.2, 0.25) is 0 Å². The maximum absolute atomic E-state index is 12.9. The molecule has 0 saturated carbocycles. The van der Waals surface area contributed by atoms with E-state index in [1.54, 1.807) is 9.80 Å². The summed E-state index contributed by atoms with van der Waals surface area (Å²) in [6, 6.07) is 9.59. The van der Waals surface area contributed by atoms with Crippen LogP contribution in [0.15, 0.2) is 41.7 Å². The first kappa shape index (κ1) is 13.1. The molecule has 0 N–H and O–H groups in total. The maximum Gasteiger partial charge on any atom is 0.336 e. The second-order valence-corrected chi connectivity index (χ2v) is 5.42. The van der Waals surface area contributed by atoms with Gasteiger partial charge in [-0.15, -0.1) is 0 Å². The molecule has 0 spiro atoms. The zero-order valence-electron chi connectivity index (χ0n) is 12.4. The van der Waals surface area contributed by atoms with Crippen molar-refractivity contribution in [3.8, 4) is 0 Å². The van der Waals surface area contributed by atoms with Gasteiger partial charge in [-0.3, -0.25) is 9.89 Å². The van der Waals surface area contributed by atoms with Crippen molar-refractivity contribution in [2.45, 2.75) is 19.9 Å². The molecule has 22 heavy (non-hydrogen) atoms. The van der Waals surface area contributed by atoms with Crippen molar-refractivity contribution in [3.63, 3.8) is 0 Å². The predicted octanol–water partition coefficient (Wildman–Crippen LogP) is 2.63. The number of aryl methyl sites for hydroxylation is 1. The van der Waals surface area contributed by atoms with Crippen LogP contribution in [0.4, 0.5) is 16.3 Å². The SMILES string of the molecule is CCCn1cnc2c1C1=NCCN1C(=O)N2c1ccccc1. The van der Waals surface area contributed by atoms with Gasteiger partial charge in [0.15, 0.2) is 11.7 Å². The molecule has 1 aromatic heterocycles. The Kier molecular flexibility index (Phi) is 2.96. The van der Waals surface area contributed by atoms with Crippen LogP contribution in [-0.2, 0) is 6.54 Å². The van der Waals surface area contributed by atoms with Gasteiger partial charge in [0.05, 0.1) is 18.6 Å². The number of hydrogen-bond acceptors (Lipinski definition) is 3. The van der Waals surface area contributed by atoms with E-state index in [9.17, 15) is 4.79 Å². The summed E-state index contributed by atoms with van der Waals surface area (Å²) >= 11 is 0. The standard InChI is InChI=1S/C16H17N5O/c1-2-9-19-11-18-15-13(19)14-17-8-10-20(14)16(22)21(15)12-6-4-3-5-7-12/h3-7,11H,2,8-10H2,1H3. The minimum absolute atomic E-state index is 0.0725. The number of benzene rings is 1. The third kappa shape index (κ3) is 1.76. The van der Waals surface area contributed by atoms with Gasteiger partial charge in [-0.2, -0.15) is 0 Å². The van der Waals surface area contributed by atoms with E-state index in [1.165, 1.54) is 0 Å². The van der Waals surface area contributed by atoms with Gasteiger partial charge in [0, 0.05) is 13.1 Å². The lowest BCUT2D eigenvalue weighted by Crippen LogP contribution is -2.48. The van der Waals surface area contributed by atoms with E-state index < -0.39 is 0 Å². The number of urea groups is 1. The van der Waals surface area contributed by atoms with Crippen LogP contribution in [-0.4, -0.2) is 39.4 Å². The van der Waals surface area contributed by atoms with E-state index in [4.69, 9.17) is 0 Å². The summed E-state index contributed by atoms with van der Waals surface area (Å²) in [4.78, 5) is 25.3. The number of nitrogens with zero attached hydrogens (tertiary/aromatic N) is 5. The monoisotopic (exact) mass is 295 g/mol. The lowest BCUT2D eigenvalue weighted by atomic mass is 10.2. The Hall–Kier alpha value is -2.63. The highest BCUT2D eigenvalue weighted by Gasteiger charge is 2.41. The molecule has 0 atom stereocenters. The van der Waals surface area contributed by atoms with Crippen LogP contribution in [0.3, 0.4) is 0 Å². The van der Waals surface area contributed by atoms with E-state index in [-0.39, 0.29) is 6.03 Å². The number of imidazole rings is 1. The number of rotatable bonds is 3. The zero-order chi connectivity index (χ0) is 15.1. The molecule has 4 rings (SSSR count). The number of aliphatic imine (C=N–C) groups is 1. The van der Waals surface area contributed by atoms with Gasteiger partial charge in [-0.1, -0.05) is 25.1 Å². The van der Waals surface area contributed by atoms with Crippen LogP contribution >= 0.6 is 0 Å². The van der Waals surface area contributed by atoms with Gasteiger partial charge in [0.2, 0.25) is 0 Å².